The summed E-state index contributed by atoms with van der Waals surface area (Å²) in [7, 11) is 1.69. The first-order valence-corrected chi connectivity index (χ1v) is 4.83. The molecule has 0 saturated carbocycles. The Labute approximate surface area is 92.9 Å². The highest BCUT2D eigenvalue weighted by Crippen LogP contribution is 2.09. The second kappa shape index (κ2) is 4.06. The third-order valence-electron chi connectivity index (χ3n) is 2.18. The summed E-state index contributed by atoms with van der Waals surface area (Å²) in [5.74, 6) is 0.191. The molecule has 3 N–H and O–H groups in total. The van der Waals surface area contributed by atoms with Crippen molar-refractivity contribution in [3.63, 3.8) is 0 Å². The van der Waals surface area contributed by atoms with Gasteiger partial charge in [-0.05, 0) is 12.1 Å². The van der Waals surface area contributed by atoms with Crippen molar-refractivity contribution in [3.05, 3.63) is 42.1 Å². The monoisotopic (exact) mass is 216 g/mol. The number of benzene rings is 1. The van der Waals surface area contributed by atoms with Gasteiger partial charge >= 0.3 is 0 Å². The van der Waals surface area contributed by atoms with Crippen LogP contribution in [0.4, 0.5) is 11.5 Å². The molecule has 0 aliphatic carbocycles. The Morgan fingerprint density at radius 2 is 2.06 bits per heavy atom. The van der Waals surface area contributed by atoms with E-state index in [1.54, 1.807) is 7.05 Å². The van der Waals surface area contributed by atoms with Gasteiger partial charge in [0.1, 0.15) is 5.82 Å². The quantitative estimate of drug-likeness (QED) is 0.793. The van der Waals surface area contributed by atoms with E-state index in [2.05, 4.69) is 10.4 Å². The van der Waals surface area contributed by atoms with Crippen LogP contribution in [0.5, 0.6) is 0 Å². The number of amides is 1. The number of anilines is 2. The van der Waals surface area contributed by atoms with Gasteiger partial charge in [-0.1, -0.05) is 18.2 Å². The lowest BCUT2D eigenvalue weighted by Crippen LogP contribution is -2.12. The van der Waals surface area contributed by atoms with Crippen LogP contribution in [0.3, 0.4) is 0 Å². The minimum Gasteiger partial charge on any atom is -0.384 e. The lowest BCUT2D eigenvalue weighted by molar-refractivity contribution is 0.102. The summed E-state index contributed by atoms with van der Waals surface area (Å²) < 4.78 is 1.46. The second-order valence-electron chi connectivity index (χ2n) is 3.40. The maximum Gasteiger partial charge on any atom is 0.276 e. The zero-order valence-electron chi connectivity index (χ0n) is 8.84. The molecule has 1 amide bonds. The third-order valence-corrected chi connectivity index (χ3v) is 2.18. The Bertz CT molecular complexity index is 484. The summed E-state index contributed by atoms with van der Waals surface area (Å²) in [6, 6.07) is 10.7. The first-order valence-electron chi connectivity index (χ1n) is 4.83. The van der Waals surface area contributed by atoms with Crippen molar-refractivity contribution in [2.24, 2.45) is 7.05 Å². The smallest absolute Gasteiger partial charge is 0.276 e. The van der Waals surface area contributed by atoms with Crippen LogP contribution in [0.25, 0.3) is 0 Å². The van der Waals surface area contributed by atoms with Gasteiger partial charge in [-0.15, -0.1) is 0 Å². The minimum atomic E-state index is -0.265. The van der Waals surface area contributed by atoms with Crippen molar-refractivity contribution in [1.29, 1.82) is 0 Å². The Morgan fingerprint density at radius 3 is 2.62 bits per heavy atom. The third kappa shape index (κ3) is 2.03. The fraction of sp³-hybridized carbons (Fsp3) is 0.0909. The summed E-state index contributed by atoms with van der Waals surface area (Å²) in [6.45, 7) is 0. The molecule has 0 fully saturated rings. The Balaban J connectivity index is 2.15. The highest BCUT2D eigenvalue weighted by atomic mass is 16.1. The maximum absolute atomic E-state index is 11.7. The average Bonchev–Trinajstić information content (AvgIpc) is 2.61. The molecule has 5 nitrogen and oxygen atoms in total. The van der Waals surface area contributed by atoms with Crippen LogP contribution < -0.4 is 11.1 Å². The van der Waals surface area contributed by atoms with Crippen LogP contribution in [-0.2, 0) is 7.05 Å². The van der Waals surface area contributed by atoms with Crippen LogP contribution >= 0.6 is 0 Å². The van der Waals surface area contributed by atoms with Gasteiger partial charge in [0.05, 0.1) is 0 Å². The Kier molecular flexibility index (Phi) is 2.59. The molecule has 82 valence electrons. The van der Waals surface area contributed by atoms with Gasteiger partial charge in [-0.3, -0.25) is 9.48 Å². The second-order valence-corrected chi connectivity index (χ2v) is 3.40. The summed E-state index contributed by atoms with van der Waals surface area (Å²) in [5.41, 5.74) is 6.63. The van der Waals surface area contributed by atoms with Crippen molar-refractivity contribution in [3.8, 4) is 0 Å². The number of rotatable bonds is 2. The Hall–Kier alpha value is -2.30. The number of carbonyl (C=O) groups is 1. The first kappa shape index (κ1) is 10.2. The molecule has 0 aliphatic rings. The van der Waals surface area contributed by atoms with Gasteiger partial charge in [0.25, 0.3) is 5.91 Å². The van der Waals surface area contributed by atoms with Crippen LogP contribution in [-0.4, -0.2) is 15.7 Å². The number of carbonyl (C=O) groups excluding carboxylic acids is 1. The summed E-state index contributed by atoms with van der Waals surface area (Å²) >= 11 is 0. The van der Waals surface area contributed by atoms with Gasteiger partial charge in [0.15, 0.2) is 5.69 Å². The molecule has 0 saturated heterocycles. The molecule has 1 aromatic carbocycles. The van der Waals surface area contributed by atoms with Gasteiger partial charge in [-0.2, -0.15) is 5.10 Å². The molecule has 0 atom stereocenters. The number of aromatic nitrogens is 2. The summed E-state index contributed by atoms with van der Waals surface area (Å²) in [5, 5.41) is 6.71. The number of hydrogen-bond acceptors (Lipinski definition) is 3. The van der Waals surface area contributed by atoms with E-state index >= 15 is 0 Å². The van der Waals surface area contributed by atoms with E-state index in [-0.39, 0.29) is 5.91 Å². The number of nitrogens with one attached hydrogen (secondary N) is 1. The van der Waals surface area contributed by atoms with Crippen LogP contribution in [0.1, 0.15) is 10.5 Å². The first-order chi connectivity index (χ1) is 7.66. The molecular weight excluding hydrogens is 204 g/mol. The van der Waals surface area contributed by atoms with E-state index in [9.17, 15) is 4.79 Å². The predicted molar refractivity (Wildman–Crippen MR) is 62.0 cm³/mol. The highest BCUT2D eigenvalue weighted by Gasteiger charge is 2.10. The molecule has 0 unspecified atom stereocenters. The average molecular weight is 216 g/mol. The van der Waals surface area contributed by atoms with E-state index in [1.807, 2.05) is 30.3 Å². The van der Waals surface area contributed by atoms with Crippen molar-refractivity contribution in [2.45, 2.75) is 0 Å². The van der Waals surface area contributed by atoms with Crippen LogP contribution in [0.15, 0.2) is 36.4 Å². The molecule has 0 aliphatic heterocycles. The number of para-hydroxylation sites is 1. The Morgan fingerprint density at radius 1 is 1.38 bits per heavy atom. The predicted octanol–water partition coefficient (Wildman–Crippen LogP) is 1.25. The maximum atomic E-state index is 11.7. The van der Waals surface area contributed by atoms with Crippen LogP contribution in [0, 0.1) is 0 Å². The van der Waals surface area contributed by atoms with E-state index in [0.717, 1.165) is 5.69 Å². The largest absolute Gasteiger partial charge is 0.384 e. The zero-order valence-corrected chi connectivity index (χ0v) is 8.84. The van der Waals surface area contributed by atoms with Gasteiger partial charge in [0, 0.05) is 18.8 Å². The number of nitrogens with two attached hydrogens (primary N) is 1. The fourth-order valence-electron chi connectivity index (χ4n) is 1.31. The zero-order chi connectivity index (χ0) is 11.5. The molecule has 0 radical (unpaired) electrons. The summed E-state index contributed by atoms with van der Waals surface area (Å²) in [6.07, 6.45) is 0. The van der Waals surface area contributed by atoms with Crippen molar-refractivity contribution in [2.75, 3.05) is 11.1 Å². The molecule has 5 heteroatoms. The molecular formula is C11H12N4O. The van der Waals surface area contributed by atoms with E-state index in [0.29, 0.717) is 11.5 Å². The number of aryl methyl sites for hydroxylation is 1. The SMILES string of the molecule is Cn1nc(C(=O)Nc2ccccc2)cc1N. The van der Waals surface area contributed by atoms with Gasteiger partial charge in [0.2, 0.25) is 0 Å². The van der Waals surface area contributed by atoms with E-state index in [1.165, 1.54) is 10.7 Å². The standard InChI is InChI=1S/C11H12N4O/c1-15-10(12)7-9(14-15)11(16)13-8-5-3-2-4-6-8/h2-7H,12H2,1H3,(H,13,16). The summed E-state index contributed by atoms with van der Waals surface area (Å²) in [4.78, 5) is 11.7. The molecule has 16 heavy (non-hydrogen) atoms. The van der Waals surface area contributed by atoms with E-state index < -0.39 is 0 Å². The van der Waals surface area contributed by atoms with Crippen LogP contribution in [0.2, 0.25) is 0 Å². The molecule has 1 heterocycles. The number of hydrogen-bond donors (Lipinski definition) is 2. The fourth-order valence-corrected chi connectivity index (χ4v) is 1.31. The van der Waals surface area contributed by atoms with Crippen molar-refractivity contribution >= 4 is 17.4 Å². The molecule has 0 bridgehead atoms. The number of nitrogens with zero attached hydrogens (tertiary/aromatic N) is 2. The number of nitrogen functional groups attached to an aromatic ring is 1. The van der Waals surface area contributed by atoms with Crippen molar-refractivity contribution in [1.82, 2.24) is 9.78 Å². The normalized spacial score (nSPS) is 10.1. The highest BCUT2D eigenvalue weighted by molar-refractivity contribution is 6.03. The minimum absolute atomic E-state index is 0.265. The molecule has 2 aromatic rings. The van der Waals surface area contributed by atoms with Crippen molar-refractivity contribution < 1.29 is 4.79 Å². The lowest BCUT2D eigenvalue weighted by Gasteiger charge is -2.01. The van der Waals surface area contributed by atoms with Gasteiger partial charge in [-0.25, -0.2) is 0 Å². The van der Waals surface area contributed by atoms with E-state index in [4.69, 9.17) is 5.73 Å². The molecule has 1 aromatic heterocycles. The van der Waals surface area contributed by atoms with Gasteiger partial charge < -0.3 is 11.1 Å². The molecule has 0 spiro atoms. The topological polar surface area (TPSA) is 72.9 Å². The molecule has 2 rings (SSSR count). The lowest BCUT2D eigenvalue weighted by atomic mass is 10.3.